The number of carbonyl (C=O) groups is 1. The standard InChI is InChI=1S/C12H13F3N2O/c1-17-6-8(7-17)16-11(18)9-4-2-3-5-10(9)12(13,14)15/h2-5,8H,6-7H2,1H3,(H,16,18). The first-order valence-corrected chi connectivity index (χ1v) is 5.53. The zero-order chi connectivity index (χ0) is 13.3. The van der Waals surface area contributed by atoms with Crippen LogP contribution in [0.5, 0.6) is 0 Å². The normalized spacial score (nSPS) is 17.3. The highest BCUT2D eigenvalue weighted by atomic mass is 19.4. The van der Waals surface area contributed by atoms with Crippen LogP contribution in [0.4, 0.5) is 13.2 Å². The molecule has 0 bridgehead atoms. The van der Waals surface area contributed by atoms with Gasteiger partial charge in [0.05, 0.1) is 17.2 Å². The number of nitrogens with one attached hydrogen (secondary N) is 1. The molecule has 0 saturated carbocycles. The van der Waals surface area contributed by atoms with Crippen LogP contribution in [0.15, 0.2) is 24.3 Å². The quantitative estimate of drug-likeness (QED) is 0.876. The molecule has 1 fully saturated rings. The van der Waals surface area contributed by atoms with Crippen molar-refractivity contribution in [2.45, 2.75) is 12.2 Å². The van der Waals surface area contributed by atoms with E-state index in [9.17, 15) is 18.0 Å². The van der Waals surface area contributed by atoms with Gasteiger partial charge in [-0.2, -0.15) is 13.2 Å². The van der Waals surface area contributed by atoms with Gasteiger partial charge < -0.3 is 10.2 Å². The van der Waals surface area contributed by atoms with Gasteiger partial charge >= 0.3 is 6.18 Å². The third-order valence-electron chi connectivity index (χ3n) is 2.88. The van der Waals surface area contributed by atoms with Crippen LogP contribution < -0.4 is 5.32 Å². The van der Waals surface area contributed by atoms with Crippen LogP contribution in [-0.2, 0) is 6.18 Å². The zero-order valence-corrected chi connectivity index (χ0v) is 9.79. The van der Waals surface area contributed by atoms with Crippen LogP contribution >= 0.6 is 0 Å². The molecule has 1 N–H and O–H groups in total. The first-order chi connectivity index (χ1) is 8.38. The number of rotatable bonds is 2. The summed E-state index contributed by atoms with van der Waals surface area (Å²) >= 11 is 0. The molecule has 1 aliphatic rings. The Kier molecular flexibility index (Phi) is 3.30. The monoisotopic (exact) mass is 258 g/mol. The van der Waals surface area contributed by atoms with Crippen molar-refractivity contribution in [1.29, 1.82) is 0 Å². The number of carbonyl (C=O) groups excluding carboxylic acids is 1. The summed E-state index contributed by atoms with van der Waals surface area (Å²) in [7, 11) is 1.88. The molecule has 1 aromatic carbocycles. The molecule has 0 radical (unpaired) electrons. The Bertz CT molecular complexity index is 453. The van der Waals surface area contributed by atoms with Crippen molar-refractivity contribution in [2.75, 3.05) is 20.1 Å². The molecule has 3 nitrogen and oxygen atoms in total. The highest BCUT2D eigenvalue weighted by Gasteiger charge is 2.35. The number of alkyl halides is 3. The Morgan fingerprint density at radius 2 is 1.94 bits per heavy atom. The van der Waals surface area contributed by atoms with Gasteiger partial charge in [-0.25, -0.2) is 0 Å². The SMILES string of the molecule is CN1CC(NC(=O)c2ccccc2C(F)(F)F)C1. The second-order valence-electron chi connectivity index (χ2n) is 4.43. The largest absolute Gasteiger partial charge is 0.417 e. The molecule has 0 spiro atoms. The van der Waals surface area contributed by atoms with E-state index in [1.54, 1.807) is 0 Å². The molecule has 1 aliphatic heterocycles. The lowest BCUT2D eigenvalue weighted by molar-refractivity contribution is -0.137. The molecule has 1 saturated heterocycles. The van der Waals surface area contributed by atoms with E-state index in [1.165, 1.54) is 18.2 Å². The molecule has 18 heavy (non-hydrogen) atoms. The van der Waals surface area contributed by atoms with Crippen molar-refractivity contribution in [3.63, 3.8) is 0 Å². The number of hydrogen-bond donors (Lipinski definition) is 1. The Morgan fingerprint density at radius 3 is 2.50 bits per heavy atom. The van der Waals surface area contributed by atoms with Crippen molar-refractivity contribution in [3.8, 4) is 0 Å². The average Bonchev–Trinajstić information content (AvgIpc) is 2.26. The van der Waals surface area contributed by atoms with Gasteiger partial charge in [-0.3, -0.25) is 4.79 Å². The lowest BCUT2D eigenvalue weighted by atomic mass is 10.0. The van der Waals surface area contributed by atoms with Gasteiger partial charge in [-0.05, 0) is 19.2 Å². The van der Waals surface area contributed by atoms with Crippen molar-refractivity contribution in [1.82, 2.24) is 10.2 Å². The summed E-state index contributed by atoms with van der Waals surface area (Å²) in [6, 6.07) is 4.75. The molecule has 1 aromatic rings. The fraction of sp³-hybridized carbons (Fsp3) is 0.417. The van der Waals surface area contributed by atoms with Gasteiger partial charge in [0.25, 0.3) is 5.91 Å². The van der Waals surface area contributed by atoms with Gasteiger partial charge in [0.15, 0.2) is 0 Å². The van der Waals surface area contributed by atoms with Crippen LogP contribution in [0.1, 0.15) is 15.9 Å². The summed E-state index contributed by atoms with van der Waals surface area (Å²) in [6.45, 7) is 1.33. The van der Waals surface area contributed by atoms with Gasteiger partial charge in [0, 0.05) is 13.1 Å². The average molecular weight is 258 g/mol. The van der Waals surface area contributed by atoms with E-state index in [4.69, 9.17) is 0 Å². The first-order valence-electron chi connectivity index (χ1n) is 5.53. The van der Waals surface area contributed by atoms with Crippen LogP contribution in [0.25, 0.3) is 0 Å². The second-order valence-corrected chi connectivity index (χ2v) is 4.43. The summed E-state index contributed by atoms with van der Waals surface area (Å²) in [5.74, 6) is -0.666. The van der Waals surface area contributed by atoms with E-state index in [1.807, 2.05) is 11.9 Å². The van der Waals surface area contributed by atoms with E-state index in [2.05, 4.69) is 5.32 Å². The van der Waals surface area contributed by atoms with Crippen molar-refractivity contribution in [3.05, 3.63) is 35.4 Å². The third-order valence-corrected chi connectivity index (χ3v) is 2.88. The maximum absolute atomic E-state index is 12.7. The van der Waals surface area contributed by atoms with Crippen molar-refractivity contribution < 1.29 is 18.0 Å². The summed E-state index contributed by atoms with van der Waals surface area (Å²) in [5, 5.41) is 2.59. The minimum atomic E-state index is -4.51. The molecule has 1 heterocycles. The Hall–Kier alpha value is -1.56. The van der Waals surface area contributed by atoms with E-state index < -0.39 is 17.6 Å². The number of halogens is 3. The van der Waals surface area contributed by atoms with Crippen LogP contribution in [-0.4, -0.2) is 37.0 Å². The Balaban J connectivity index is 2.15. The van der Waals surface area contributed by atoms with Crippen LogP contribution in [0.2, 0.25) is 0 Å². The fourth-order valence-electron chi connectivity index (χ4n) is 1.98. The van der Waals surface area contributed by atoms with Crippen LogP contribution in [0.3, 0.4) is 0 Å². The smallest absolute Gasteiger partial charge is 0.347 e. The molecule has 98 valence electrons. The molecule has 0 unspecified atom stereocenters. The van der Waals surface area contributed by atoms with E-state index >= 15 is 0 Å². The van der Waals surface area contributed by atoms with Crippen molar-refractivity contribution in [2.24, 2.45) is 0 Å². The minimum Gasteiger partial charge on any atom is -0.347 e. The number of nitrogens with zero attached hydrogens (tertiary/aromatic N) is 1. The molecule has 0 aromatic heterocycles. The summed E-state index contributed by atoms with van der Waals surface area (Å²) in [6.07, 6.45) is -4.51. The second kappa shape index (κ2) is 4.61. The molecule has 0 atom stereocenters. The molecule has 6 heteroatoms. The summed E-state index contributed by atoms with van der Waals surface area (Å²) < 4.78 is 38.1. The van der Waals surface area contributed by atoms with E-state index in [0.29, 0.717) is 13.1 Å². The maximum Gasteiger partial charge on any atom is 0.417 e. The number of benzene rings is 1. The van der Waals surface area contributed by atoms with Gasteiger partial charge in [0.2, 0.25) is 0 Å². The topological polar surface area (TPSA) is 32.3 Å². The highest BCUT2D eigenvalue weighted by Crippen LogP contribution is 2.31. The number of hydrogen-bond acceptors (Lipinski definition) is 2. The van der Waals surface area contributed by atoms with E-state index in [-0.39, 0.29) is 11.6 Å². The lowest BCUT2D eigenvalue weighted by Crippen LogP contribution is -2.57. The molecule has 2 rings (SSSR count). The van der Waals surface area contributed by atoms with Gasteiger partial charge in [-0.1, -0.05) is 12.1 Å². The highest BCUT2D eigenvalue weighted by molar-refractivity contribution is 5.96. The van der Waals surface area contributed by atoms with Gasteiger partial charge in [0.1, 0.15) is 0 Å². The number of likely N-dealkylation sites (N-methyl/N-ethyl adjacent to an activating group) is 1. The zero-order valence-electron chi connectivity index (χ0n) is 9.79. The first kappa shape index (κ1) is 12.9. The lowest BCUT2D eigenvalue weighted by Gasteiger charge is -2.36. The molecule has 1 amide bonds. The number of likely N-dealkylation sites (tertiary alicyclic amines) is 1. The Labute approximate surface area is 103 Å². The molecular weight excluding hydrogens is 245 g/mol. The number of amides is 1. The predicted molar refractivity (Wildman–Crippen MR) is 60.2 cm³/mol. The van der Waals surface area contributed by atoms with Gasteiger partial charge in [-0.15, -0.1) is 0 Å². The van der Waals surface area contributed by atoms with Crippen molar-refractivity contribution >= 4 is 5.91 Å². The summed E-state index contributed by atoms with van der Waals surface area (Å²) in [4.78, 5) is 13.8. The molecular formula is C12H13F3N2O. The van der Waals surface area contributed by atoms with E-state index in [0.717, 1.165) is 6.07 Å². The maximum atomic E-state index is 12.7. The third kappa shape index (κ3) is 2.64. The Morgan fingerprint density at radius 1 is 1.33 bits per heavy atom. The summed E-state index contributed by atoms with van der Waals surface area (Å²) in [5.41, 5.74) is -1.21. The minimum absolute atomic E-state index is 0.0659. The fourth-order valence-corrected chi connectivity index (χ4v) is 1.98. The van der Waals surface area contributed by atoms with Crippen LogP contribution in [0, 0.1) is 0 Å². The predicted octanol–water partition coefficient (Wildman–Crippen LogP) is 1.75. The molecule has 0 aliphatic carbocycles.